The number of carbonyl (C=O) groups excluding carboxylic acids is 4. The molecular formula is C23H22ClN4NaO7S. The van der Waals surface area contributed by atoms with Gasteiger partial charge in [0.25, 0.3) is 11.6 Å². The van der Waals surface area contributed by atoms with Crippen LogP contribution in [0.15, 0.2) is 42.0 Å². The number of rotatable bonds is 7. The van der Waals surface area contributed by atoms with E-state index in [4.69, 9.17) is 11.6 Å². The third-order valence-electron chi connectivity index (χ3n) is 6.31. The number of fused-ring (bicyclic) bond motifs is 1. The van der Waals surface area contributed by atoms with E-state index in [2.05, 4.69) is 10.6 Å². The van der Waals surface area contributed by atoms with Crippen molar-refractivity contribution in [2.75, 3.05) is 0 Å². The zero-order chi connectivity index (χ0) is 26.4. The van der Waals surface area contributed by atoms with Gasteiger partial charge < -0.3 is 25.4 Å². The van der Waals surface area contributed by atoms with Crippen LogP contribution < -0.4 is 45.3 Å². The van der Waals surface area contributed by atoms with Gasteiger partial charge in [-0.15, -0.1) is 11.8 Å². The third-order valence-corrected chi connectivity index (χ3v) is 8.20. The predicted molar refractivity (Wildman–Crippen MR) is 129 cm³/mol. The molecule has 190 valence electrons. The van der Waals surface area contributed by atoms with E-state index in [1.165, 1.54) is 28.8 Å². The second-order valence-electron chi connectivity index (χ2n) is 9.09. The van der Waals surface area contributed by atoms with Gasteiger partial charge in [-0.3, -0.25) is 24.5 Å². The fourth-order valence-corrected chi connectivity index (χ4v) is 6.36. The molecule has 2 N–H and O–H groups in total. The van der Waals surface area contributed by atoms with E-state index >= 15 is 0 Å². The number of carboxylic acids is 1. The molecular weight excluding hydrogens is 535 g/mol. The van der Waals surface area contributed by atoms with Crippen molar-refractivity contribution < 1.29 is 58.8 Å². The number of nitro groups is 1. The molecule has 0 radical (unpaired) electrons. The van der Waals surface area contributed by atoms with Crippen LogP contribution >= 0.6 is 23.4 Å². The van der Waals surface area contributed by atoms with E-state index < -0.39 is 62.5 Å². The number of thioether (sulfide) groups is 1. The van der Waals surface area contributed by atoms with Crippen molar-refractivity contribution in [1.82, 2.24) is 15.5 Å². The molecule has 4 atom stereocenters. The zero-order valence-electron chi connectivity index (χ0n) is 20.2. The van der Waals surface area contributed by atoms with E-state index in [0.717, 1.165) is 6.07 Å². The first-order valence-electron chi connectivity index (χ1n) is 11.0. The van der Waals surface area contributed by atoms with Crippen molar-refractivity contribution >= 4 is 52.7 Å². The van der Waals surface area contributed by atoms with Gasteiger partial charge >= 0.3 is 29.6 Å². The van der Waals surface area contributed by atoms with Crippen molar-refractivity contribution in [3.05, 3.63) is 62.7 Å². The Kier molecular flexibility index (Phi) is 8.80. The number of hydrogen-bond acceptors (Lipinski definition) is 8. The molecule has 2 unspecified atom stereocenters. The van der Waals surface area contributed by atoms with Crippen LogP contribution in [0.3, 0.4) is 0 Å². The Bertz CT molecular complexity index is 1240. The summed E-state index contributed by atoms with van der Waals surface area (Å²) < 4.78 is -0.813. The van der Waals surface area contributed by atoms with E-state index in [-0.39, 0.29) is 40.1 Å². The number of hydrogen-bond donors (Lipinski definition) is 2. The molecule has 0 aromatic heterocycles. The molecule has 14 heteroatoms. The maximum Gasteiger partial charge on any atom is 1.00 e. The zero-order valence-corrected chi connectivity index (χ0v) is 23.8. The van der Waals surface area contributed by atoms with E-state index in [1.807, 2.05) is 12.2 Å². The molecule has 2 saturated heterocycles. The van der Waals surface area contributed by atoms with Gasteiger partial charge in [-0.1, -0.05) is 29.8 Å². The summed E-state index contributed by atoms with van der Waals surface area (Å²) in [5.74, 6) is -3.30. The standard InChI is InChI=1S/C23H23ClN4O7S.Na/c1-23(2)17(22(32)33)27-20(31)16(21(27)36-23)26-19(30)15(11-6-4-3-5-7-11)25-18(29)12-8-9-13(24)14(10-12)28(34)35;/h3-4,7-10,15-17,21H,5-6H2,1-2H3,(H,25,29)(H,26,30)(H,32,33);/q;+1/p-1/t15?,16?,17-,21+;/m0./s1. The van der Waals surface area contributed by atoms with Crippen molar-refractivity contribution in [1.29, 1.82) is 0 Å². The second kappa shape index (κ2) is 11.2. The number of aliphatic carboxylic acids is 1. The maximum absolute atomic E-state index is 13.3. The minimum atomic E-state index is -1.37. The number of allylic oxidation sites excluding steroid dienone is 3. The average molecular weight is 557 g/mol. The summed E-state index contributed by atoms with van der Waals surface area (Å²) in [5.41, 5.74) is 0.0720. The number of nitro benzene ring substituents is 1. The monoisotopic (exact) mass is 556 g/mol. The van der Waals surface area contributed by atoms with Crippen molar-refractivity contribution in [3.63, 3.8) is 0 Å². The SMILES string of the molecule is CC1(C)S[C@@H]2C(NC(=O)C(NC(=O)c3ccc(Cl)c([N+](=O)[O-])c3)C3=CCC=CC3)C(=O)N2[C@H]1C(=O)[O-].[Na+]. The van der Waals surface area contributed by atoms with E-state index in [9.17, 15) is 34.4 Å². The Labute approximate surface area is 243 Å². The molecule has 0 saturated carbocycles. The normalized spacial score (nSPS) is 24.1. The summed E-state index contributed by atoms with van der Waals surface area (Å²) in [6, 6.07) is 0.292. The van der Waals surface area contributed by atoms with Crippen LogP contribution in [0.4, 0.5) is 5.69 Å². The van der Waals surface area contributed by atoms with E-state index in [0.29, 0.717) is 18.4 Å². The van der Waals surface area contributed by atoms with Crippen LogP contribution in [-0.4, -0.2) is 61.8 Å². The third kappa shape index (κ3) is 5.58. The number of benzene rings is 1. The van der Waals surface area contributed by atoms with Crippen LogP contribution in [0.5, 0.6) is 0 Å². The Morgan fingerprint density at radius 2 is 1.97 bits per heavy atom. The second-order valence-corrected chi connectivity index (χ2v) is 11.3. The molecule has 1 aliphatic carbocycles. The smallest absolute Gasteiger partial charge is 0.548 e. The molecule has 2 aliphatic heterocycles. The van der Waals surface area contributed by atoms with Crippen LogP contribution in [0, 0.1) is 10.1 Å². The Balaban J connectivity index is 0.00000380. The Morgan fingerprint density at radius 1 is 1.27 bits per heavy atom. The van der Waals surface area contributed by atoms with Gasteiger partial charge in [0.15, 0.2) is 0 Å². The number of carboxylic acid groups (broad SMARTS) is 1. The molecule has 11 nitrogen and oxygen atoms in total. The number of carbonyl (C=O) groups is 4. The van der Waals surface area contributed by atoms with Gasteiger partial charge in [0.2, 0.25) is 11.8 Å². The molecule has 2 fully saturated rings. The van der Waals surface area contributed by atoms with Crippen LogP contribution in [0.1, 0.15) is 37.0 Å². The fourth-order valence-electron chi connectivity index (χ4n) is 4.55. The summed E-state index contributed by atoms with van der Waals surface area (Å²) in [6.07, 6.45) is 6.43. The van der Waals surface area contributed by atoms with Gasteiger partial charge in [0, 0.05) is 16.4 Å². The maximum atomic E-state index is 13.3. The molecule has 4 rings (SSSR count). The first kappa shape index (κ1) is 29.2. The molecule has 3 amide bonds. The summed E-state index contributed by atoms with van der Waals surface area (Å²) in [7, 11) is 0. The summed E-state index contributed by atoms with van der Waals surface area (Å²) in [6.45, 7) is 3.38. The van der Waals surface area contributed by atoms with Crippen LogP contribution in [0.2, 0.25) is 5.02 Å². The molecule has 2 heterocycles. The molecule has 1 aromatic carbocycles. The number of amides is 3. The van der Waals surface area contributed by atoms with Crippen molar-refractivity contribution in [3.8, 4) is 0 Å². The topological polar surface area (TPSA) is 162 Å². The van der Waals surface area contributed by atoms with Gasteiger partial charge in [0.1, 0.15) is 22.5 Å². The van der Waals surface area contributed by atoms with Gasteiger partial charge in [-0.05, 0) is 44.4 Å². The minimum absolute atomic E-state index is 0. The van der Waals surface area contributed by atoms with E-state index in [1.54, 1.807) is 19.9 Å². The van der Waals surface area contributed by atoms with Crippen molar-refractivity contribution in [2.45, 2.75) is 54.9 Å². The predicted octanol–water partition coefficient (Wildman–Crippen LogP) is -2.08. The quantitative estimate of drug-likeness (QED) is 0.127. The Morgan fingerprint density at radius 3 is 2.57 bits per heavy atom. The number of β-lactam (4-membered cyclic amide) rings is 1. The molecule has 0 spiro atoms. The average Bonchev–Trinajstić information content (AvgIpc) is 3.09. The molecule has 3 aliphatic rings. The number of halogens is 1. The molecule has 37 heavy (non-hydrogen) atoms. The first-order valence-corrected chi connectivity index (χ1v) is 12.3. The summed E-state index contributed by atoms with van der Waals surface area (Å²) in [4.78, 5) is 62.4. The molecule has 1 aromatic rings. The van der Waals surface area contributed by atoms with Crippen LogP contribution in [0.25, 0.3) is 0 Å². The van der Waals surface area contributed by atoms with Gasteiger partial charge in [-0.2, -0.15) is 0 Å². The van der Waals surface area contributed by atoms with Crippen LogP contribution in [-0.2, 0) is 14.4 Å². The fraction of sp³-hybridized carbons (Fsp3) is 0.391. The number of nitrogens with one attached hydrogen (secondary N) is 2. The summed E-state index contributed by atoms with van der Waals surface area (Å²) >= 11 is 7.08. The molecule has 0 bridgehead atoms. The first-order chi connectivity index (χ1) is 16.9. The largest absolute Gasteiger partial charge is 1.00 e. The van der Waals surface area contributed by atoms with Crippen molar-refractivity contribution in [2.24, 2.45) is 0 Å². The number of nitrogens with zero attached hydrogens (tertiary/aromatic N) is 2. The van der Waals surface area contributed by atoms with Gasteiger partial charge in [0.05, 0.1) is 16.9 Å². The Hall–Kier alpha value is -2.38. The van der Waals surface area contributed by atoms with Gasteiger partial charge in [-0.25, -0.2) is 0 Å². The summed E-state index contributed by atoms with van der Waals surface area (Å²) in [5, 5.41) is 27.4. The minimum Gasteiger partial charge on any atom is -0.548 e.